The van der Waals surface area contributed by atoms with E-state index in [9.17, 15) is 19.7 Å². The van der Waals surface area contributed by atoms with Crippen LogP contribution in [0, 0.1) is 17.0 Å². The molecule has 0 fully saturated rings. The predicted octanol–water partition coefficient (Wildman–Crippen LogP) is 4.52. The number of methoxy groups -OCH3 is 1. The maximum absolute atomic E-state index is 13.2. The lowest BCUT2D eigenvalue weighted by Gasteiger charge is -2.12. The van der Waals surface area contributed by atoms with Gasteiger partial charge in [-0.05, 0) is 60.9 Å². The Morgan fingerprint density at radius 2 is 1.81 bits per heavy atom. The van der Waals surface area contributed by atoms with Gasteiger partial charge < -0.3 is 20.4 Å². The average Bonchev–Trinajstić information content (AvgIpc) is 3.23. The van der Waals surface area contributed by atoms with Gasteiger partial charge in [0.2, 0.25) is 0 Å². The molecule has 1 heterocycles. The Balaban J connectivity index is 1.54. The zero-order valence-corrected chi connectivity index (χ0v) is 20.4. The number of benzene rings is 3. The van der Waals surface area contributed by atoms with Crippen LogP contribution in [0.15, 0.2) is 78.5 Å². The van der Waals surface area contributed by atoms with Crippen molar-refractivity contribution in [2.45, 2.75) is 13.3 Å². The summed E-state index contributed by atoms with van der Waals surface area (Å²) < 4.78 is 5.12. The molecule has 4 aromatic rings. The van der Waals surface area contributed by atoms with Gasteiger partial charge >= 0.3 is 0 Å². The van der Waals surface area contributed by atoms with E-state index in [1.54, 1.807) is 30.3 Å². The number of nitro groups is 1. The Kier molecular flexibility index (Phi) is 7.63. The number of H-pyrrole nitrogens is 1. The first-order valence-electron chi connectivity index (χ1n) is 11.6. The van der Waals surface area contributed by atoms with E-state index in [-0.39, 0.29) is 11.4 Å². The number of hydrogen-bond acceptors (Lipinski definition) is 5. The summed E-state index contributed by atoms with van der Waals surface area (Å²) >= 11 is 0. The number of aromatic amines is 1. The first kappa shape index (κ1) is 25.2. The van der Waals surface area contributed by atoms with Gasteiger partial charge in [-0.25, -0.2) is 0 Å². The fraction of sp³-hybridized carbons (Fsp3) is 0.143. The summed E-state index contributed by atoms with van der Waals surface area (Å²) in [6.07, 6.45) is 2.00. The quantitative estimate of drug-likeness (QED) is 0.178. The number of non-ortho nitro benzene ring substituents is 1. The number of hydrogen-bond donors (Lipinski definition) is 3. The lowest BCUT2D eigenvalue weighted by Crippen LogP contribution is -2.35. The molecule has 4 rings (SSSR count). The van der Waals surface area contributed by atoms with Crippen molar-refractivity contribution in [3.8, 4) is 5.75 Å². The number of rotatable bonds is 9. The summed E-state index contributed by atoms with van der Waals surface area (Å²) in [5.41, 5.74) is 3.73. The average molecular weight is 499 g/mol. The maximum Gasteiger partial charge on any atom is 0.270 e. The van der Waals surface area contributed by atoms with Crippen molar-refractivity contribution in [1.29, 1.82) is 0 Å². The number of nitrogens with one attached hydrogen (secondary N) is 3. The summed E-state index contributed by atoms with van der Waals surface area (Å²) in [4.78, 5) is 40.1. The molecule has 188 valence electrons. The van der Waals surface area contributed by atoms with Crippen LogP contribution in [0.4, 0.5) is 5.69 Å². The molecule has 3 aromatic carbocycles. The Morgan fingerprint density at radius 1 is 1.05 bits per heavy atom. The summed E-state index contributed by atoms with van der Waals surface area (Å²) in [6.45, 7) is 2.31. The molecule has 1 aromatic heterocycles. The molecule has 37 heavy (non-hydrogen) atoms. The Bertz CT molecular complexity index is 1490. The van der Waals surface area contributed by atoms with Gasteiger partial charge in [0.05, 0.1) is 12.0 Å². The van der Waals surface area contributed by atoms with E-state index in [4.69, 9.17) is 4.74 Å². The predicted molar refractivity (Wildman–Crippen MR) is 141 cm³/mol. The number of aryl methyl sites for hydroxylation is 1. The number of carbonyl (C=O) groups excluding carboxylic acids is 2. The molecule has 9 heteroatoms. The molecular weight excluding hydrogens is 472 g/mol. The van der Waals surface area contributed by atoms with Crippen LogP contribution < -0.4 is 15.4 Å². The SMILES string of the molecule is COc1ccc(C(=O)N/C(=C\c2cccc([N+](=O)[O-])c2)C(=O)NCCc2c(C)[nH]c3ccccc23)cc1. The van der Waals surface area contributed by atoms with Crippen LogP contribution in [-0.2, 0) is 11.2 Å². The largest absolute Gasteiger partial charge is 0.497 e. The zero-order chi connectivity index (χ0) is 26.4. The number of nitro benzene ring substituents is 1. The van der Waals surface area contributed by atoms with Crippen LogP contribution in [0.3, 0.4) is 0 Å². The van der Waals surface area contributed by atoms with Crippen molar-refractivity contribution in [1.82, 2.24) is 15.6 Å². The standard InChI is InChI=1S/C28H26N4O5/c1-18-23(24-8-3-4-9-25(24)30-18)14-15-29-28(34)26(17-19-6-5-7-21(16-19)32(35)36)31-27(33)20-10-12-22(37-2)13-11-20/h3-13,16-17,30H,14-15H2,1-2H3,(H,29,34)(H,31,33)/b26-17-. The van der Waals surface area contributed by atoms with Crippen LogP contribution in [0.25, 0.3) is 17.0 Å². The summed E-state index contributed by atoms with van der Waals surface area (Å²) in [5, 5.41) is 17.8. The normalized spacial score (nSPS) is 11.2. The molecule has 0 atom stereocenters. The molecule has 0 radical (unpaired) electrons. The molecule has 9 nitrogen and oxygen atoms in total. The fourth-order valence-electron chi connectivity index (χ4n) is 4.04. The number of ether oxygens (including phenoxy) is 1. The first-order valence-corrected chi connectivity index (χ1v) is 11.6. The highest BCUT2D eigenvalue weighted by atomic mass is 16.6. The molecule has 0 saturated heterocycles. The van der Waals surface area contributed by atoms with Gasteiger partial charge in [-0.2, -0.15) is 0 Å². The lowest BCUT2D eigenvalue weighted by atomic mass is 10.1. The Morgan fingerprint density at radius 3 is 2.54 bits per heavy atom. The van der Waals surface area contributed by atoms with Crippen molar-refractivity contribution in [3.05, 3.63) is 111 Å². The number of carbonyl (C=O) groups is 2. The molecule has 0 aliphatic rings. The molecule has 0 spiro atoms. The Labute approximate surface area is 213 Å². The number of para-hydroxylation sites is 1. The molecule has 2 amide bonds. The van der Waals surface area contributed by atoms with Crippen molar-refractivity contribution >= 4 is 34.5 Å². The minimum atomic E-state index is -0.517. The number of fused-ring (bicyclic) bond motifs is 1. The molecule has 0 saturated carbocycles. The van der Waals surface area contributed by atoms with E-state index in [0.29, 0.717) is 29.8 Å². The topological polar surface area (TPSA) is 126 Å². The Hall–Kier alpha value is -4.92. The van der Waals surface area contributed by atoms with Crippen LogP contribution >= 0.6 is 0 Å². The zero-order valence-electron chi connectivity index (χ0n) is 20.4. The van der Waals surface area contributed by atoms with Crippen molar-refractivity contribution in [2.75, 3.05) is 13.7 Å². The van der Waals surface area contributed by atoms with Crippen molar-refractivity contribution in [3.63, 3.8) is 0 Å². The van der Waals surface area contributed by atoms with Gasteiger partial charge in [0.1, 0.15) is 11.4 Å². The molecule has 3 N–H and O–H groups in total. The van der Waals surface area contributed by atoms with Crippen molar-refractivity contribution < 1.29 is 19.2 Å². The van der Waals surface area contributed by atoms with E-state index in [1.165, 1.54) is 31.4 Å². The highest BCUT2D eigenvalue weighted by Crippen LogP contribution is 2.22. The molecule has 0 aliphatic carbocycles. The summed E-state index contributed by atoms with van der Waals surface area (Å²) in [6, 6.07) is 20.2. The lowest BCUT2D eigenvalue weighted by molar-refractivity contribution is -0.384. The van der Waals surface area contributed by atoms with E-state index in [1.807, 2.05) is 31.2 Å². The summed E-state index contributed by atoms with van der Waals surface area (Å²) in [7, 11) is 1.52. The third-order valence-electron chi connectivity index (χ3n) is 5.92. The number of nitrogens with zero attached hydrogens (tertiary/aromatic N) is 1. The van der Waals surface area contributed by atoms with Crippen LogP contribution in [-0.4, -0.2) is 35.4 Å². The van der Waals surface area contributed by atoms with E-state index in [2.05, 4.69) is 15.6 Å². The highest BCUT2D eigenvalue weighted by molar-refractivity contribution is 6.05. The van der Waals surface area contributed by atoms with E-state index >= 15 is 0 Å². The van der Waals surface area contributed by atoms with Crippen molar-refractivity contribution in [2.24, 2.45) is 0 Å². The minimum absolute atomic E-state index is 0.0306. The molecular formula is C28H26N4O5. The minimum Gasteiger partial charge on any atom is -0.497 e. The fourth-order valence-corrected chi connectivity index (χ4v) is 4.04. The monoisotopic (exact) mass is 498 g/mol. The second kappa shape index (κ2) is 11.2. The second-order valence-corrected chi connectivity index (χ2v) is 8.37. The van der Waals surface area contributed by atoms with Gasteiger partial charge in [0, 0.05) is 40.8 Å². The molecule has 0 bridgehead atoms. The second-order valence-electron chi connectivity index (χ2n) is 8.37. The smallest absolute Gasteiger partial charge is 0.270 e. The van der Waals surface area contributed by atoms with E-state index in [0.717, 1.165) is 22.2 Å². The van der Waals surface area contributed by atoms with Gasteiger partial charge in [-0.3, -0.25) is 19.7 Å². The van der Waals surface area contributed by atoms with Gasteiger partial charge in [0.25, 0.3) is 17.5 Å². The first-order chi connectivity index (χ1) is 17.9. The number of amides is 2. The van der Waals surface area contributed by atoms with Gasteiger partial charge in [0.15, 0.2) is 0 Å². The van der Waals surface area contributed by atoms with Gasteiger partial charge in [-0.15, -0.1) is 0 Å². The van der Waals surface area contributed by atoms with Crippen LogP contribution in [0.1, 0.15) is 27.2 Å². The van der Waals surface area contributed by atoms with Crippen LogP contribution in [0.5, 0.6) is 5.75 Å². The molecule has 0 aliphatic heterocycles. The van der Waals surface area contributed by atoms with Gasteiger partial charge in [-0.1, -0.05) is 30.3 Å². The van der Waals surface area contributed by atoms with E-state index < -0.39 is 16.7 Å². The van der Waals surface area contributed by atoms with Crippen LogP contribution in [0.2, 0.25) is 0 Å². The highest BCUT2D eigenvalue weighted by Gasteiger charge is 2.16. The number of aromatic nitrogens is 1. The third kappa shape index (κ3) is 6.02. The summed E-state index contributed by atoms with van der Waals surface area (Å²) in [5.74, 6) is -0.415. The third-order valence-corrected chi connectivity index (χ3v) is 5.92. The molecule has 0 unspecified atom stereocenters. The maximum atomic E-state index is 13.2.